The quantitative estimate of drug-likeness (QED) is 0.336. The average molecular weight is 502 g/mol. The van der Waals surface area contributed by atoms with Crippen LogP contribution in [0.4, 0.5) is 11.4 Å². The normalized spacial score (nSPS) is 11.2. The Labute approximate surface area is 200 Å². The van der Waals surface area contributed by atoms with E-state index in [9.17, 15) is 13.2 Å². The van der Waals surface area contributed by atoms with Crippen LogP contribution in [-0.2, 0) is 10.0 Å². The van der Waals surface area contributed by atoms with Crippen molar-refractivity contribution in [3.05, 3.63) is 94.2 Å². The van der Waals surface area contributed by atoms with E-state index in [1.165, 1.54) is 30.3 Å². The van der Waals surface area contributed by atoms with Gasteiger partial charge in [-0.3, -0.25) is 9.52 Å². The van der Waals surface area contributed by atoms with E-state index < -0.39 is 15.9 Å². The highest BCUT2D eigenvalue weighted by atomic mass is 35.5. The number of hydrogen-bond donors (Lipinski definition) is 2. The number of carbonyl (C=O) groups excluding carboxylic acids is 1. The molecule has 1 heterocycles. The van der Waals surface area contributed by atoms with Gasteiger partial charge in [0.05, 0.1) is 15.6 Å². The Bertz CT molecular complexity index is 1430. The van der Waals surface area contributed by atoms with Crippen LogP contribution >= 0.6 is 23.2 Å². The summed E-state index contributed by atoms with van der Waals surface area (Å²) < 4.78 is 33.0. The SMILES string of the molecule is Cc1onc(-c2ccccc2Cl)c1C(=O)Nc1ccc(S(=O)(=O)Nc2cccc(Cl)c2)cc1. The Hall–Kier alpha value is -3.33. The summed E-state index contributed by atoms with van der Waals surface area (Å²) in [7, 11) is -3.83. The lowest BCUT2D eigenvalue weighted by atomic mass is 10.1. The number of halogens is 2. The number of hydrogen-bond acceptors (Lipinski definition) is 5. The number of nitrogens with one attached hydrogen (secondary N) is 2. The van der Waals surface area contributed by atoms with Gasteiger partial charge in [0.2, 0.25) is 0 Å². The molecule has 0 radical (unpaired) electrons. The molecule has 0 aliphatic carbocycles. The molecule has 168 valence electrons. The maximum absolute atomic E-state index is 13.0. The Kier molecular flexibility index (Phi) is 6.42. The van der Waals surface area contributed by atoms with Gasteiger partial charge in [0.25, 0.3) is 15.9 Å². The molecule has 0 saturated heterocycles. The van der Waals surface area contributed by atoms with Crippen molar-refractivity contribution in [2.75, 3.05) is 10.0 Å². The molecule has 0 fully saturated rings. The molecule has 4 rings (SSSR count). The molecule has 1 aromatic heterocycles. The summed E-state index contributed by atoms with van der Waals surface area (Å²) in [5.41, 5.74) is 1.86. The van der Waals surface area contributed by atoms with Crippen molar-refractivity contribution in [3.63, 3.8) is 0 Å². The zero-order chi connectivity index (χ0) is 23.6. The van der Waals surface area contributed by atoms with Gasteiger partial charge in [0, 0.05) is 16.3 Å². The van der Waals surface area contributed by atoms with Crippen molar-refractivity contribution in [2.45, 2.75) is 11.8 Å². The van der Waals surface area contributed by atoms with Gasteiger partial charge < -0.3 is 9.84 Å². The molecule has 0 unspecified atom stereocenters. The number of rotatable bonds is 6. The highest BCUT2D eigenvalue weighted by Crippen LogP contribution is 2.31. The van der Waals surface area contributed by atoms with Crippen molar-refractivity contribution < 1.29 is 17.7 Å². The number of benzene rings is 3. The van der Waals surface area contributed by atoms with E-state index in [2.05, 4.69) is 15.2 Å². The molecule has 0 atom stereocenters. The second kappa shape index (κ2) is 9.27. The van der Waals surface area contributed by atoms with E-state index in [0.717, 1.165) is 0 Å². The zero-order valence-electron chi connectivity index (χ0n) is 17.2. The molecule has 4 aromatic rings. The number of nitrogens with zero attached hydrogens (tertiary/aromatic N) is 1. The third-order valence-corrected chi connectivity index (χ3v) is 6.68. The minimum atomic E-state index is -3.83. The topological polar surface area (TPSA) is 101 Å². The fourth-order valence-electron chi connectivity index (χ4n) is 3.15. The summed E-state index contributed by atoms with van der Waals surface area (Å²) in [4.78, 5) is 13.0. The van der Waals surface area contributed by atoms with Gasteiger partial charge in [0.15, 0.2) is 0 Å². The largest absolute Gasteiger partial charge is 0.360 e. The highest BCUT2D eigenvalue weighted by molar-refractivity contribution is 7.92. The number of aryl methyl sites for hydroxylation is 1. The lowest BCUT2D eigenvalue weighted by Gasteiger charge is -2.10. The van der Waals surface area contributed by atoms with Gasteiger partial charge in [-0.05, 0) is 55.5 Å². The Balaban J connectivity index is 1.54. The zero-order valence-corrected chi connectivity index (χ0v) is 19.5. The molecule has 33 heavy (non-hydrogen) atoms. The number of carbonyl (C=O) groups is 1. The van der Waals surface area contributed by atoms with Gasteiger partial charge in [0.1, 0.15) is 17.0 Å². The molecule has 7 nitrogen and oxygen atoms in total. The molecular weight excluding hydrogens is 485 g/mol. The lowest BCUT2D eigenvalue weighted by Crippen LogP contribution is -2.15. The number of anilines is 2. The van der Waals surface area contributed by atoms with Crippen LogP contribution in [0.25, 0.3) is 11.3 Å². The first-order valence-corrected chi connectivity index (χ1v) is 11.9. The number of aromatic nitrogens is 1. The summed E-state index contributed by atoms with van der Waals surface area (Å²) in [5, 5.41) is 7.56. The first-order chi connectivity index (χ1) is 15.7. The smallest absolute Gasteiger partial charge is 0.261 e. The predicted octanol–water partition coefficient (Wildman–Crippen LogP) is 6.01. The van der Waals surface area contributed by atoms with Crippen LogP contribution in [0.15, 0.2) is 82.2 Å². The van der Waals surface area contributed by atoms with Crippen molar-refractivity contribution >= 4 is 50.5 Å². The van der Waals surface area contributed by atoms with E-state index in [-0.39, 0.29) is 10.5 Å². The Morgan fingerprint density at radius 3 is 2.36 bits per heavy atom. The molecule has 10 heteroatoms. The summed E-state index contributed by atoms with van der Waals surface area (Å²) in [6.45, 7) is 1.62. The summed E-state index contributed by atoms with van der Waals surface area (Å²) in [6, 6.07) is 19.1. The highest BCUT2D eigenvalue weighted by Gasteiger charge is 2.23. The third-order valence-electron chi connectivity index (χ3n) is 4.72. The van der Waals surface area contributed by atoms with Gasteiger partial charge >= 0.3 is 0 Å². The molecule has 0 spiro atoms. The van der Waals surface area contributed by atoms with E-state index in [0.29, 0.717) is 38.4 Å². The van der Waals surface area contributed by atoms with Crippen molar-refractivity contribution in [3.8, 4) is 11.3 Å². The second-order valence-corrected chi connectivity index (χ2v) is 9.56. The van der Waals surface area contributed by atoms with E-state index >= 15 is 0 Å². The molecule has 3 aromatic carbocycles. The Morgan fingerprint density at radius 1 is 0.939 bits per heavy atom. The molecule has 0 aliphatic heterocycles. The molecular formula is C23H17Cl2N3O4S. The predicted molar refractivity (Wildman–Crippen MR) is 128 cm³/mol. The standard InChI is InChI=1S/C23H17Cl2N3O4S/c1-14-21(22(27-32-14)19-7-2-3-8-20(19)25)23(29)26-16-9-11-18(12-10-16)33(30,31)28-17-6-4-5-15(24)13-17/h2-13,28H,1H3,(H,26,29). The molecule has 0 aliphatic rings. The van der Waals surface area contributed by atoms with E-state index in [4.69, 9.17) is 27.7 Å². The number of amides is 1. The van der Waals surface area contributed by atoms with Crippen LogP contribution in [0.1, 0.15) is 16.1 Å². The average Bonchev–Trinajstić information content (AvgIpc) is 3.15. The fourth-order valence-corrected chi connectivity index (χ4v) is 4.62. The van der Waals surface area contributed by atoms with Gasteiger partial charge in [-0.1, -0.05) is 52.6 Å². The van der Waals surface area contributed by atoms with Crippen LogP contribution in [-0.4, -0.2) is 19.5 Å². The van der Waals surface area contributed by atoms with Crippen molar-refractivity contribution in [1.29, 1.82) is 0 Å². The van der Waals surface area contributed by atoms with Crippen molar-refractivity contribution in [2.24, 2.45) is 0 Å². The first kappa shape index (κ1) is 22.8. The van der Waals surface area contributed by atoms with E-state index in [1.807, 2.05) is 0 Å². The maximum atomic E-state index is 13.0. The van der Waals surface area contributed by atoms with Crippen LogP contribution in [0.3, 0.4) is 0 Å². The minimum absolute atomic E-state index is 0.0263. The van der Waals surface area contributed by atoms with Crippen molar-refractivity contribution in [1.82, 2.24) is 5.16 Å². The van der Waals surface area contributed by atoms with Gasteiger partial charge in [-0.2, -0.15) is 0 Å². The molecule has 1 amide bonds. The van der Waals surface area contributed by atoms with Crippen LogP contribution in [0.2, 0.25) is 10.0 Å². The molecule has 0 bridgehead atoms. The van der Waals surface area contributed by atoms with Gasteiger partial charge in [-0.15, -0.1) is 0 Å². The van der Waals surface area contributed by atoms with Gasteiger partial charge in [-0.25, -0.2) is 8.42 Å². The van der Waals surface area contributed by atoms with Crippen LogP contribution in [0.5, 0.6) is 0 Å². The van der Waals surface area contributed by atoms with Crippen LogP contribution in [0, 0.1) is 6.92 Å². The number of sulfonamides is 1. The third kappa shape index (κ3) is 5.03. The monoisotopic (exact) mass is 501 g/mol. The summed E-state index contributed by atoms with van der Waals surface area (Å²) in [5.74, 6) is -0.135. The minimum Gasteiger partial charge on any atom is -0.360 e. The lowest BCUT2D eigenvalue weighted by molar-refractivity contribution is 0.102. The van der Waals surface area contributed by atoms with E-state index in [1.54, 1.807) is 49.4 Å². The van der Waals surface area contributed by atoms with Crippen LogP contribution < -0.4 is 10.0 Å². The Morgan fingerprint density at radius 2 is 1.67 bits per heavy atom. The maximum Gasteiger partial charge on any atom is 0.261 e. The molecule has 0 saturated carbocycles. The second-order valence-electron chi connectivity index (χ2n) is 7.04. The molecule has 2 N–H and O–H groups in total. The summed E-state index contributed by atoms with van der Waals surface area (Å²) in [6.07, 6.45) is 0. The first-order valence-electron chi connectivity index (χ1n) is 9.65. The summed E-state index contributed by atoms with van der Waals surface area (Å²) >= 11 is 12.2. The fraction of sp³-hybridized carbons (Fsp3) is 0.0435.